The van der Waals surface area contributed by atoms with Crippen molar-refractivity contribution < 1.29 is 18.3 Å². The molecule has 2 rings (SSSR count). The Bertz CT molecular complexity index is 575. The van der Waals surface area contributed by atoms with E-state index < -0.39 is 16.0 Å². The van der Waals surface area contributed by atoms with E-state index in [-0.39, 0.29) is 23.9 Å². The second-order valence-electron chi connectivity index (χ2n) is 4.82. The van der Waals surface area contributed by atoms with Crippen molar-refractivity contribution in [2.24, 2.45) is 5.73 Å². The van der Waals surface area contributed by atoms with Crippen molar-refractivity contribution in [1.82, 2.24) is 14.1 Å². The number of hydrogen-bond donors (Lipinski definition) is 2. The van der Waals surface area contributed by atoms with Crippen LogP contribution in [-0.2, 0) is 21.4 Å². The fourth-order valence-electron chi connectivity index (χ4n) is 2.08. The van der Waals surface area contributed by atoms with Gasteiger partial charge in [-0.25, -0.2) is 8.42 Å². The average Bonchev–Trinajstić information content (AvgIpc) is 2.86. The van der Waals surface area contributed by atoms with E-state index in [0.29, 0.717) is 25.9 Å². The maximum Gasteiger partial charge on any atom is 0.305 e. The minimum Gasteiger partial charge on any atom is -0.481 e. The lowest BCUT2D eigenvalue weighted by atomic mass is 10.1. The molecule has 1 saturated heterocycles. The Morgan fingerprint density at radius 2 is 2.10 bits per heavy atom. The van der Waals surface area contributed by atoms with Crippen LogP contribution < -0.4 is 5.73 Å². The largest absolute Gasteiger partial charge is 0.481 e. The van der Waals surface area contributed by atoms with E-state index in [1.165, 1.54) is 21.4 Å². The number of aromatic nitrogens is 2. The average molecular weight is 302 g/mol. The molecule has 1 fully saturated rings. The predicted molar refractivity (Wildman–Crippen MR) is 70.4 cm³/mol. The molecule has 0 aliphatic carbocycles. The van der Waals surface area contributed by atoms with Crippen molar-refractivity contribution in [2.75, 3.05) is 13.1 Å². The lowest BCUT2D eigenvalue weighted by Crippen LogP contribution is -2.42. The minimum absolute atomic E-state index is 0.0553. The van der Waals surface area contributed by atoms with Crippen LogP contribution in [0.15, 0.2) is 17.3 Å². The van der Waals surface area contributed by atoms with Gasteiger partial charge in [0.2, 0.25) is 10.0 Å². The number of piperidine rings is 1. The Hall–Kier alpha value is -1.45. The number of nitrogens with two attached hydrogens (primary N) is 1. The van der Waals surface area contributed by atoms with Crippen molar-refractivity contribution >= 4 is 16.0 Å². The van der Waals surface area contributed by atoms with Crippen LogP contribution in [0.2, 0.25) is 0 Å². The summed E-state index contributed by atoms with van der Waals surface area (Å²) < 4.78 is 27.4. The second kappa shape index (κ2) is 5.90. The van der Waals surface area contributed by atoms with Crippen LogP contribution in [0.5, 0.6) is 0 Å². The molecule has 1 aliphatic rings. The molecular weight excluding hydrogens is 284 g/mol. The molecule has 8 nitrogen and oxygen atoms in total. The first-order valence-corrected chi connectivity index (χ1v) is 7.83. The van der Waals surface area contributed by atoms with Gasteiger partial charge in [0.25, 0.3) is 0 Å². The van der Waals surface area contributed by atoms with E-state index in [4.69, 9.17) is 10.8 Å². The summed E-state index contributed by atoms with van der Waals surface area (Å²) in [6, 6.07) is 0.0553. The predicted octanol–water partition coefficient (Wildman–Crippen LogP) is -0.530. The first-order valence-electron chi connectivity index (χ1n) is 6.39. The van der Waals surface area contributed by atoms with E-state index in [1.807, 2.05) is 0 Å². The molecule has 9 heteroatoms. The minimum atomic E-state index is -3.56. The van der Waals surface area contributed by atoms with Gasteiger partial charge in [-0.05, 0) is 12.8 Å². The van der Waals surface area contributed by atoms with Crippen LogP contribution in [-0.4, -0.2) is 52.7 Å². The van der Waals surface area contributed by atoms with E-state index in [1.54, 1.807) is 0 Å². The van der Waals surface area contributed by atoms with E-state index in [0.717, 1.165) is 0 Å². The van der Waals surface area contributed by atoms with Crippen molar-refractivity contribution in [3.63, 3.8) is 0 Å². The summed E-state index contributed by atoms with van der Waals surface area (Å²) in [5.74, 6) is -0.949. The molecule has 2 heterocycles. The normalized spacial score (nSPS) is 18.2. The van der Waals surface area contributed by atoms with Gasteiger partial charge in [-0.1, -0.05) is 0 Å². The maximum atomic E-state index is 12.4. The smallest absolute Gasteiger partial charge is 0.305 e. The molecule has 1 aromatic rings. The van der Waals surface area contributed by atoms with E-state index in [2.05, 4.69) is 5.10 Å². The Kier molecular flexibility index (Phi) is 4.41. The number of sulfonamides is 1. The van der Waals surface area contributed by atoms with Gasteiger partial charge in [0.05, 0.1) is 19.2 Å². The first kappa shape index (κ1) is 14.9. The highest BCUT2D eigenvalue weighted by Crippen LogP contribution is 2.19. The van der Waals surface area contributed by atoms with Gasteiger partial charge in [0.15, 0.2) is 0 Å². The summed E-state index contributed by atoms with van der Waals surface area (Å²) in [5, 5.41) is 12.5. The summed E-state index contributed by atoms with van der Waals surface area (Å²) >= 11 is 0. The monoisotopic (exact) mass is 302 g/mol. The maximum absolute atomic E-state index is 12.4. The Morgan fingerprint density at radius 3 is 2.70 bits per heavy atom. The molecule has 112 valence electrons. The zero-order valence-electron chi connectivity index (χ0n) is 11.0. The molecule has 0 amide bonds. The highest BCUT2D eigenvalue weighted by Gasteiger charge is 2.29. The number of carboxylic acids is 1. The molecule has 0 bridgehead atoms. The standard InChI is InChI=1S/C11H18N4O4S/c12-9-1-5-15(6-2-9)20(18,19)10-7-13-14(8-10)4-3-11(16)17/h7-9H,1-6,12H2,(H,16,17). The number of rotatable bonds is 5. The molecule has 1 aliphatic heterocycles. The molecule has 0 unspecified atom stereocenters. The van der Waals surface area contributed by atoms with Crippen LogP contribution in [0.1, 0.15) is 19.3 Å². The number of aliphatic carboxylic acids is 1. The fraction of sp³-hybridized carbons (Fsp3) is 0.636. The van der Waals surface area contributed by atoms with E-state index in [9.17, 15) is 13.2 Å². The molecule has 0 aromatic carbocycles. The van der Waals surface area contributed by atoms with Crippen LogP contribution in [0.4, 0.5) is 0 Å². The SMILES string of the molecule is NC1CCN(S(=O)(=O)c2cnn(CCC(=O)O)c2)CC1. The lowest BCUT2D eigenvalue weighted by Gasteiger charge is -2.28. The number of aryl methyl sites for hydroxylation is 1. The summed E-state index contributed by atoms with van der Waals surface area (Å²) in [7, 11) is -3.56. The van der Waals surface area contributed by atoms with Crippen molar-refractivity contribution in [2.45, 2.75) is 36.7 Å². The molecule has 0 spiro atoms. The summed E-state index contributed by atoms with van der Waals surface area (Å²) in [4.78, 5) is 10.6. The number of carbonyl (C=O) groups is 1. The Labute approximate surface area is 117 Å². The number of nitrogens with zero attached hydrogens (tertiary/aromatic N) is 3. The zero-order valence-corrected chi connectivity index (χ0v) is 11.8. The molecular formula is C11H18N4O4S. The van der Waals surface area contributed by atoms with Gasteiger partial charge < -0.3 is 10.8 Å². The topological polar surface area (TPSA) is 119 Å². The lowest BCUT2D eigenvalue weighted by molar-refractivity contribution is -0.137. The fourth-order valence-corrected chi connectivity index (χ4v) is 3.50. The van der Waals surface area contributed by atoms with Crippen molar-refractivity contribution in [3.8, 4) is 0 Å². The van der Waals surface area contributed by atoms with Gasteiger partial charge in [0.1, 0.15) is 4.90 Å². The van der Waals surface area contributed by atoms with Crippen LogP contribution in [0, 0.1) is 0 Å². The molecule has 0 radical (unpaired) electrons. The Balaban J connectivity index is 2.08. The first-order chi connectivity index (χ1) is 9.39. The van der Waals surface area contributed by atoms with E-state index >= 15 is 0 Å². The van der Waals surface area contributed by atoms with Gasteiger partial charge in [-0.3, -0.25) is 9.48 Å². The quantitative estimate of drug-likeness (QED) is 0.754. The summed E-state index contributed by atoms with van der Waals surface area (Å²) in [5.41, 5.74) is 5.76. The summed E-state index contributed by atoms with van der Waals surface area (Å²) in [6.07, 6.45) is 3.82. The van der Waals surface area contributed by atoms with Gasteiger partial charge in [-0.2, -0.15) is 9.40 Å². The highest BCUT2D eigenvalue weighted by molar-refractivity contribution is 7.89. The van der Waals surface area contributed by atoms with Crippen LogP contribution in [0.25, 0.3) is 0 Å². The third-order valence-electron chi connectivity index (χ3n) is 3.30. The van der Waals surface area contributed by atoms with Gasteiger partial charge in [-0.15, -0.1) is 0 Å². The van der Waals surface area contributed by atoms with Crippen LogP contribution in [0.3, 0.4) is 0 Å². The number of hydrogen-bond acceptors (Lipinski definition) is 5. The highest BCUT2D eigenvalue weighted by atomic mass is 32.2. The van der Waals surface area contributed by atoms with Crippen molar-refractivity contribution in [1.29, 1.82) is 0 Å². The molecule has 20 heavy (non-hydrogen) atoms. The van der Waals surface area contributed by atoms with Gasteiger partial charge >= 0.3 is 5.97 Å². The van der Waals surface area contributed by atoms with Crippen molar-refractivity contribution in [3.05, 3.63) is 12.4 Å². The third-order valence-corrected chi connectivity index (χ3v) is 5.15. The second-order valence-corrected chi connectivity index (χ2v) is 6.76. The summed E-state index contributed by atoms with van der Waals surface area (Å²) in [6.45, 7) is 0.962. The number of carboxylic acid groups (broad SMARTS) is 1. The molecule has 0 saturated carbocycles. The third kappa shape index (κ3) is 3.35. The van der Waals surface area contributed by atoms with Gasteiger partial charge in [0, 0.05) is 25.3 Å². The zero-order chi connectivity index (χ0) is 14.8. The van der Waals surface area contributed by atoms with Crippen LogP contribution >= 0.6 is 0 Å². The Morgan fingerprint density at radius 1 is 1.45 bits per heavy atom. The molecule has 0 atom stereocenters. The molecule has 1 aromatic heterocycles. The molecule has 3 N–H and O–H groups in total.